The maximum absolute atomic E-state index is 12.1. The molecule has 2 fully saturated rings. The Morgan fingerprint density at radius 2 is 1.68 bits per heavy atom. The van der Waals surface area contributed by atoms with Crippen LogP contribution in [0, 0.1) is 0 Å². The Balaban J connectivity index is 1.80. The van der Waals surface area contributed by atoms with Gasteiger partial charge in [0.1, 0.15) is 18.8 Å². The number of hydrogen-bond acceptors (Lipinski definition) is 6. The van der Waals surface area contributed by atoms with Crippen molar-refractivity contribution in [1.82, 2.24) is 0 Å². The SMILES string of the molecule is CC[C@H]1OCCC1O[P+](=O)OC[C@H]1OCCC1O[Si](C)(C)C(C)(C)C. The zero-order valence-corrected chi connectivity index (χ0v) is 18.3. The molecule has 5 atom stereocenters. The standard InChI is InChI=1S/C17H34O6PSi/c1-7-13-14(8-10-19-13)22-24(18)21-12-16-15(9-11-20-16)23-25(5,6)17(2,3)4/h13-16H,7-12H2,1-6H3/q+1/t13-,14?,15?,16-/m1/s1. The molecular formula is C17H34O6PSi+. The summed E-state index contributed by atoms with van der Waals surface area (Å²) in [5.74, 6) is 0. The van der Waals surface area contributed by atoms with E-state index in [1.807, 2.05) is 6.92 Å². The largest absolute Gasteiger partial charge is 0.697 e. The molecule has 0 N–H and O–H groups in total. The van der Waals surface area contributed by atoms with Crippen LogP contribution < -0.4 is 0 Å². The van der Waals surface area contributed by atoms with Crippen molar-refractivity contribution in [3.05, 3.63) is 0 Å². The normalized spacial score (nSPS) is 31.5. The lowest BCUT2D eigenvalue weighted by Gasteiger charge is -2.39. The zero-order valence-electron chi connectivity index (χ0n) is 16.4. The molecule has 2 heterocycles. The molecular weight excluding hydrogens is 359 g/mol. The van der Waals surface area contributed by atoms with E-state index in [0.29, 0.717) is 13.2 Å². The van der Waals surface area contributed by atoms with Gasteiger partial charge in [-0.3, -0.25) is 0 Å². The lowest BCUT2D eigenvalue weighted by atomic mass is 10.1. The molecule has 0 spiro atoms. The maximum atomic E-state index is 12.1. The van der Waals surface area contributed by atoms with Gasteiger partial charge in [-0.25, -0.2) is 0 Å². The minimum absolute atomic E-state index is 0.00231. The van der Waals surface area contributed by atoms with Gasteiger partial charge in [0.2, 0.25) is 0 Å². The van der Waals surface area contributed by atoms with Crippen molar-refractivity contribution < 1.29 is 27.5 Å². The Hall–Kier alpha value is 0.117. The van der Waals surface area contributed by atoms with E-state index in [-0.39, 0.29) is 36.1 Å². The molecule has 0 radical (unpaired) electrons. The molecule has 2 saturated heterocycles. The van der Waals surface area contributed by atoms with Crippen LogP contribution in [-0.2, 0) is 27.5 Å². The van der Waals surface area contributed by atoms with Crippen LogP contribution >= 0.6 is 8.25 Å². The molecule has 0 aromatic rings. The van der Waals surface area contributed by atoms with Gasteiger partial charge < -0.3 is 13.9 Å². The molecule has 0 bridgehead atoms. The first-order chi connectivity index (χ1) is 11.6. The smallest absolute Gasteiger partial charge is 0.411 e. The van der Waals surface area contributed by atoms with Crippen LogP contribution in [0.3, 0.4) is 0 Å². The third-order valence-electron chi connectivity index (χ3n) is 5.52. The van der Waals surface area contributed by atoms with Gasteiger partial charge in [0.25, 0.3) is 0 Å². The molecule has 0 aromatic heterocycles. The highest BCUT2D eigenvalue weighted by atomic mass is 31.1. The van der Waals surface area contributed by atoms with Gasteiger partial charge in [0, 0.05) is 24.2 Å². The highest BCUT2D eigenvalue weighted by Crippen LogP contribution is 2.39. The molecule has 3 unspecified atom stereocenters. The molecule has 25 heavy (non-hydrogen) atoms. The summed E-state index contributed by atoms with van der Waals surface area (Å²) >= 11 is 0. The quantitative estimate of drug-likeness (QED) is 0.449. The van der Waals surface area contributed by atoms with Crippen LogP contribution in [0.1, 0.15) is 47.0 Å². The van der Waals surface area contributed by atoms with Gasteiger partial charge in [-0.2, -0.15) is 0 Å². The van der Waals surface area contributed by atoms with E-state index < -0.39 is 16.6 Å². The van der Waals surface area contributed by atoms with Gasteiger partial charge in [0.15, 0.2) is 8.32 Å². The molecule has 0 aromatic carbocycles. The Morgan fingerprint density at radius 3 is 2.28 bits per heavy atom. The molecule has 146 valence electrons. The van der Waals surface area contributed by atoms with E-state index >= 15 is 0 Å². The summed E-state index contributed by atoms with van der Waals surface area (Å²) in [5, 5.41) is 0.146. The Morgan fingerprint density at radius 1 is 1.08 bits per heavy atom. The van der Waals surface area contributed by atoms with Crippen LogP contribution in [0.2, 0.25) is 18.1 Å². The van der Waals surface area contributed by atoms with E-state index in [4.69, 9.17) is 22.9 Å². The predicted octanol–water partition coefficient (Wildman–Crippen LogP) is 4.42. The van der Waals surface area contributed by atoms with E-state index in [1.165, 1.54) is 0 Å². The Labute approximate surface area is 154 Å². The molecule has 2 aliphatic heterocycles. The number of rotatable bonds is 8. The molecule has 0 amide bonds. The lowest BCUT2D eigenvalue weighted by molar-refractivity contribution is 0.00661. The molecule has 0 saturated carbocycles. The molecule has 2 aliphatic rings. The van der Waals surface area contributed by atoms with Gasteiger partial charge in [-0.1, -0.05) is 27.7 Å². The Bertz CT molecular complexity index is 453. The van der Waals surface area contributed by atoms with Gasteiger partial charge in [-0.15, -0.1) is 9.05 Å². The topological polar surface area (TPSA) is 63.2 Å². The summed E-state index contributed by atoms with van der Waals surface area (Å²) in [4.78, 5) is 0. The number of ether oxygens (including phenoxy) is 2. The first-order valence-electron chi connectivity index (χ1n) is 9.32. The lowest BCUT2D eigenvalue weighted by Crippen LogP contribution is -2.46. The molecule has 8 heteroatoms. The predicted molar refractivity (Wildman–Crippen MR) is 99.5 cm³/mol. The first kappa shape index (κ1) is 21.4. The second-order valence-corrected chi connectivity index (χ2v) is 14.1. The van der Waals surface area contributed by atoms with Crippen LogP contribution in [0.25, 0.3) is 0 Å². The van der Waals surface area contributed by atoms with Crippen LogP contribution in [-0.4, -0.2) is 52.6 Å². The fraction of sp³-hybridized carbons (Fsp3) is 1.00. The van der Waals surface area contributed by atoms with Gasteiger partial charge in [-0.05, 0) is 31.0 Å². The fourth-order valence-corrected chi connectivity index (χ4v) is 5.05. The minimum Gasteiger partial charge on any atom is -0.411 e. The number of hydrogen-bond donors (Lipinski definition) is 0. The van der Waals surface area contributed by atoms with Gasteiger partial charge >= 0.3 is 8.25 Å². The third-order valence-corrected chi connectivity index (χ3v) is 10.8. The summed E-state index contributed by atoms with van der Waals surface area (Å²) in [6, 6.07) is 0. The summed E-state index contributed by atoms with van der Waals surface area (Å²) in [6.07, 6.45) is 2.16. The average Bonchev–Trinajstić information content (AvgIpc) is 3.12. The van der Waals surface area contributed by atoms with Crippen molar-refractivity contribution >= 4 is 16.6 Å². The maximum Gasteiger partial charge on any atom is 0.697 e. The summed E-state index contributed by atoms with van der Waals surface area (Å²) in [6.45, 7) is 14.7. The Kier molecular flexibility index (Phi) is 7.60. The van der Waals surface area contributed by atoms with E-state index in [1.54, 1.807) is 0 Å². The van der Waals surface area contributed by atoms with Crippen molar-refractivity contribution in [2.24, 2.45) is 0 Å². The van der Waals surface area contributed by atoms with Crippen molar-refractivity contribution in [3.63, 3.8) is 0 Å². The monoisotopic (exact) mass is 393 g/mol. The average molecular weight is 394 g/mol. The third kappa shape index (κ3) is 5.80. The van der Waals surface area contributed by atoms with Crippen molar-refractivity contribution in [2.45, 2.75) is 89.5 Å². The zero-order chi connectivity index (χ0) is 18.7. The van der Waals surface area contributed by atoms with Crippen molar-refractivity contribution in [3.8, 4) is 0 Å². The van der Waals surface area contributed by atoms with Crippen LogP contribution in [0.15, 0.2) is 0 Å². The first-order valence-corrected chi connectivity index (χ1v) is 13.3. The van der Waals surface area contributed by atoms with Crippen molar-refractivity contribution in [1.29, 1.82) is 0 Å². The second kappa shape index (κ2) is 8.87. The second-order valence-electron chi connectivity index (χ2n) is 8.38. The van der Waals surface area contributed by atoms with E-state index in [0.717, 1.165) is 19.3 Å². The summed E-state index contributed by atoms with van der Waals surface area (Å²) in [7, 11) is -4.04. The van der Waals surface area contributed by atoms with Crippen molar-refractivity contribution in [2.75, 3.05) is 19.8 Å². The van der Waals surface area contributed by atoms with E-state index in [2.05, 4.69) is 33.9 Å². The molecule has 0 aliphatic carbocycles. The summed E-state index contributed by atoms with van der Waals surface area (Å²) in [5.41, 5.74) is 0. The van der Waals surface area contributed by atoms with E-state index in [9.17, 15) is 4.57 Å². The van der Waals surface area contributed by atoms with Gasteiger partial charge in [0.05, 0.1) is 12.2 Å². The molecule has 6 nitrogen and oxygen atoms in total. The fourth-order valence-electron chi connectivity index (χ4n) is 2.88. The highest BCUT2D eigenvalue weighted by Gasteiger charge is 2.44. The minimum atomic E-state index is -2.17. The van der Waals surface area contributed by atoms with Crippen LogP contribution in [0.4, 0.5) is 0 Å². The molecule has 2 rings (SSSR count). The highest BCUT2D eigenvalue weighted by molar-refractivity contribution is 7.33. The van der Waals surface area contributed by atoms with Crippen LogP contribution in [0.5, 0.6) is 0 Å². The summed E-state index contributed by atoms with van der Waals surface area (Å²) < 4.78 is 40.9.